The van der Waals surface area contributed by atoms with Crippen LogP contribution in [0.25, 0.3) is 10.9 Å². The van der Waals surface area contributed by atoms with Crippen LogP contribution >= 0.6 is 0 Å². The summed E-state index contributed by atoms with van der Waals surface area (Å²) in [5.41, 5.74) is 4.57. The molecule has 0 spiro atoms. The minimum atomic E-state index is 0.796. The van der Waals surface area contributed by atoms with Crippen LogP contribution in [0.5, 0.6) is 0 Å². The lowest BCUT2D eigenvalue weighted by atomic mass is 10.1. The van der Waals surface area contributed by atoms with Crippen molar-refractivity contribution in [2.24, 2.45) is 0 Å². The van der Waals surface area contributed by atoms with Gasteiger partial charge in [-0.1, -0.05) is 18.2 Å². The third-order valence-electron chi connectivity index (χ3n) is 3.15. The van der Waals surface area contributed by atoms with Gasteiger partial charge in [0.1, 0.15) is 0 Å². The molecule has 0 fully saturated rings. The van der Waals surface area contributed by atoms with Crippen molar-refractivity contribution in [3.63, 3.8) is 0 Å². The molecule has 0 saturated heterocycles. The summed E-state index contributed by atoms with van der Waals surface area (Å²) in [5.74, 6) is 0. The summed E-state index contributed by atoms with van der Waals surface area (Å²) in [5, 5.41) is 4.68. The number of aromatic nitrogens is 2. The van der Waals surface area contributed by atoms with Gasteiger partial charge in [-0.05, 0) is 36.1 Å². The number of aryl methyl sites for hydroxylation is 1. The molecule has 90 valence electrons. The molecule has 3 aromatic rings. The Kier molecular flexibility index (Phi) is 2.73. The van der Waals surface area contributed by atoms with Crippen LogP contribution in [-0.4, -0.2) is 9.97 Å². The molecule has 2 N–H and O–H groups in total. The Hall–Kier alpha value is -2.29. The fourth-order valence-corrected chi connectivity index (χ4v) is 2.16. The highest BCUT2D eigenvalue weighted by Crippen LogP contribution is 2.19. The van der Waals surface area contributed by atoms with E-state index in [1.807, 2.05) is 25.4 Å². The van der Waals surface area contributed by atoms with Gasteiger partial charge in [0, 0.05) is 18.9 Å². The standard InChI is InChI=1S/C15H15N3/c1-11-14(6-3-8-16-11)18-10-13-5-2-4-12-7-9-17-15(12)13/h2-9,17-18H,10H2,1H3. The molecular formula is C15H15N3. The number of rotatable bonds is 3. The van der Waals surface area contributed by atoms with Crippen LogP contribution in [0.1, 0.15) is 11.3 Å². The topological polar surface area (TPSA) is 40.7 Å². The second-order valence-electron chi connectivity index (χ2n) is 4.35. The van der Waals surface area contributed by atoms with Crippen LogP contribution in [0.2, 0.25) is 0 Å². The molecule has 3 nitrogen and oxygen atoms in total. The molecular weight excluding hydrogens is 222 g/mol. The van der Waals surface area contributed by atoms with Crippen LogP contribution in [0.3, 0.4) is 0 Å². The van der Waals surface area contributed by atoms with Gasteiger partial charge >= 0.3 is 0 Å². The van der Waals surface area contributed by atoms with Crippen molar-refractivity contribution < 1.29 is 0 Å². The van der Waals surface area contributed by atoms with Crippen LogP contribution < -0.4 is 5.32 Å². The number of anilines is 1. The lowest BCUT2D eigenvalue weighted by Crippen LogP contribution is -2.02. The van der Waals surface area contributed by atoms with E-state index in [1.165, 1.54) is 16.5 Å². The number of aromatic amines is 1. The van der Waals surface area contributed by atoms with Gasteiger partial charge in [-0.2, -0.15) is 0 Å². The largest absolute Gasteiger partial charge is 0.379 e. The number of hydrogen-bond donors (Lipinski definition) is 2. The van der Waals surface area contributed by atoms with E-state index < -0.39 is 0 Å². The van der Waals surface area contributed by atoms with E-state index in [0.717, 1.165) is 17.9 Å². The molecule has 0 aliphatic carbocycles. The van der Waals surface area contributed by atoms with Crippen molar-refractivity contribution in [2.75, 3.05) is 5.32 Å². The highest BCUT2D eigenvalue weighted by molar-refractivity contribution is 5.82. The average molecular weight is 237 g/mol. The van der Waals surface area contributed by atoms with Crippen LogP contribution in [0, 0.1) is 6.92 Å². The van der Waals surface area contributed by atoms with Crippen molar-refractivity contribution in [3.8, 4) is 0 Å². The zero-order valence-corrected chi connectivity index (χ0v) is 10.3. The van der Waals surface area contributed by atoms with E-state index >= 15 is 0 Å². The van der Waals surface area contributed by atoms with Gasteiger partial charge in [0.05, 0.1) is 16.9 Å². The van der Waals surface area contributed by atoms with E-state index in [2.05, 4.69) is 45.6 Å². The van der Waals surface area contributed by atoms with Gasteiger partial charge in [0.15, 0.2) is 0 Å². The summed E-state index contributed by atoms with van der Waals surface area (Å²) < 4.78 is 0. The average Bonchev–Trinajstić information content (AvgIpc) is 2.86. The first-order chi connectivity index (χ1) is 8.84. The number of hydrogen-bond acceptors (Lipinski definition) is 2. The Labute approximate surface area is 106 Å². The van der Waals surface area contributed by atoms with E-state index in [4.69, 9.17) is 0 Å². The quantitative estimate of drug-likeness (QED) is 0.732. The minimum Gasteiger partial charge on any atom is -0.379 e. The lowest BCUT2D eigenvalue weighted by molar-refractivity contribution is 1.11. The Morgan fingerprint density at radius 1 is 1.17 bits per heavy atom. The molecule has 3 heteroatoms. The zero-order valence-electron chi connectivity index (χ0n) is 10.3. The van der Waals surface area contributed by atoms with Gasteiger partial charge < -0.3 is 10.3 Å². The first kappa shape index (κ1) is 10.8. The molecule has 3 rings (SSSR count). The number of benzene rings is 1. The fraction of sp³-hybridized carbons (Fsp3) is 0.133. The van der Waals surface area contributed by atoms with E-state index in [-0.39, 0.29) is 0 Å². The summed E-state index contributed by atoms with van der Waals surface area (Å²) in [6.45, 7) is 2.81. The van der Waals surface area contributed by atoms with Gasteiger partial charge in [-0.25, -0.2) is 0 Å². The lowest BCUT2D eigenvalue weighted by Gasteiger charge is -2.09. The zero-order chi connectivity index (χ0) is 12.4. The molecule has 0 radical (unpaired) electrons. The van der Waals surface area contributed by atoms with Gasteiger partial charge in [-0.3, -0.25) is 4.98 Å². The summed E-state index contributed by atoms with van der Waals surface area (Å²) in [7, 11) is 0. The van der Waals surface area contributed by atoms with Crippen molar-refractivity contribution in [1.29, 1.82) is 0 Å². The third-order valence-corrected chi connectivity index (χ3v) is 3.15. The third kappa shape index (κ3) is 1.95. The Bertz CT molecular complexity index is 670. The number of pyridine rings is 1. The molecule has 0 amide bonds. The number of nitrogens with zero attached hydrogens (tertiary/aromatic N) is 1. The van der Waals surface area contributed by atoms with Crippen LogP contribution in [0.4, 0.5) is 5.69 Å². The number of nitrogens with one attached hydrogen (secondary N) is 2. The molecule has 2 aromatic heterocycles. The second kappa shape index (κ2) is 4.53. The van der Waals surface area contributed by atoms with Gasteiger partial charge in [0.2, 0.25) is 0 Å². The monoisotopic (exact) mass is 237 g/mol. The predicted octanol–water partition coefficient (Wildman–Crippen LogP) is 3.48. The van der Waals surface area contributed by atoms with Crippen LogP contribution in [0.15, 0.2) is 48.8 Å². The van der Waals surface area contributed by atoms with Crippen LogP contribution in [-0.2, 0) is 6.54 Å². The Balaban J connectivity index is 1.85. The summed E-state index contributed by atoms with van der Waals surface area (Å²) >= 11 is 0. The van der Waals surface area contributed by atoms with E-state index in [9.17, 15) is 0 Å². The molecule has 0 saturated carbocycles. The highest BCUT2D eigenvalue weighted by atomic mass is 14.9. The number of H-pyrrole nitrogens is 1. The Morgan fingerprint density at radius 3 is 3.00 bits per heavy atom. The van der Waals surface area contributed by atoms with Crippen molar-refractivity contribution >= 4 is 16.6 Å². The molecule has 1 aromatic carbocycles. The molecule has 0 aliphatic heterocycles. The maximum Gasteiger partial charge on any atom is 0.0603 e. The van der Waals surface area contributed by atoms with Crippen molar-refractivity contribution in [3.05, 3.63) is 60.0 Å². The molecule has 0 bridgehead atoms. The molecule has 0 atom stereocenters. The summed E-state index contributed by atoms with van der Waals surface area (Å²) in [6.07, 6.45) is 3.79. The maximum atomic E-state index is 4.27. The van der Waals surface area contributed by atoms with E-state index in [1.54, 1.807) is 0 Å². The first-order valence-electron chi connectivity index (χ1n) is 6.05. The molecule has 2 heterocycles. The molecule has 18 heavy (non-hydrogen) atoms. The van der Waals surface area contributed by atoms with Gasteiger partial charge in [-0.15, -0.1) is 0 Å². The van der Waals surface area contributed by atoms with Crippen molar-refractivity contribution in [1.82, 2.24) is 9.97 Å². The molecule has 0 unspecified atom stereocenters. The number of fused-ring (bicyclic) bond motifs is 1. The summed E-state index contributed by atoms with van der Waals surface area (Å²) in [6, 6.07) is 12.4. The fourth-order valence-electron chi connectivity index (χ4n) is 2.16. The SMILES string of the molecule is Cc1ncccc1NCc1cccc2cc[nH]c12. The van der Waals surface area contributed by atoms with E-state index in [0.29, 0.717) is 0 Å². The van der Waals surface area contributed by atoms with Gasteiger partial charge in [0.25, 0.3) is 0 Å². The predicted molar refractivity (Wildman–Crippen MR) is 74.6 cm³/mol. The maximum absolute atomic E-state index is 4.27. The normalized spacial score (nSPS) is 10.7. The smallest absolute Gasteiger partial charge is 0.0603 e. The number of para-hydroxylation sites is 1. The minimum absolute atomic E-state index is 0.796. The molecule has 0 aliphatic rings. The highest BCUT2D eigenvalue weighted by Gasteiger charge is 2.02. The second-order valence-corrected chi connectivity index (χ2v) is 4.35. The summed E-state index contributed by atoms with van der Waals surface area (Å²) in [4.78, 5) is 7.56. The van der Waals surface area contributed by atoms with Crippen molar-refractivity contribution in [2.45, 2.75) is 13.5 Å². The first-order valence-corrected chi connectivity index (χ1v) is 6.05. The Morgan fingerprint density at radius 2 is 2.11 bits per heavy atom.